The topological polar surface area (TPSA) is 0 Å². The van der Waals surface area contributed by atoms with Crippen LogP contribution >= 0.6 is 0 Å². The van der Waals surface area contributed by atoms with Gasteiger partial charge in [0.2, 0.25) is 0 Å². The molecule has 0 bridgehead atoms. The summed E-state index contributed by atoms with van der Waals surface area (Å²) in [6, 6.07) is 26.3. The van der Waals surface area contributed by atoms with E-state index < -0.39 is 0 Å². The van der Waals surface area contributed by atoms with E-state index in [1.807, 2.05) is 54.5 Å². The van der Waals surface area contributed by atoms with Gasteiger partial charge < -0.3 is 0 Å². The van der Waals surface area contributed by atoms with Crippen LogP contribution in [0.2, 0.25) is 0 Å². The van der Waals surface area contributed by atoms with Crippen LogP contribution in [0.4, 0.5) is 0 Å². The highest BCUT2D eigenvalue weighted by molar-refractivity contribution is 5.89. The van der Waals surface area contributed by atoms with Gasteiger partial charge in [-0.05, 0) is 76.4 Å². The third-order valence-electron chi connectivity index (χ3n) is 7.66. The Balaban J connectivity index is 0.000000741. The van der Waals surface area contributed by atoms with Gasteiger partial charge in [0.15, 0.2) is 0 Å². The summed E-state index contributed by atoms with van der Waals surface area (Å²) in [5.74, 6) is 0. The molecule has 0 aromatic heterocycles. The van der Waals surface area contributed by atoms with Crippen molar-refractivity contribution in [2.75, 3.05) is 0 Å². The highest BCUT2D eigenvalue weighted by atomic mass is 14.3. The minimum Gasteiger partial charge on any atom is -0.0877 e. The summed E-state index contributed by atoms with van der Waals surface area (Å²) >= 11 is 0. The lowest BCUT2D eigenvalue weighted by molar-refractivity contribution is 0.589. The van der Waals surface area contributed by atoms with Crippen molar-refractivity contribution in [3.05, 3.63) is 131 Å². The van der Waals surface area contributed by atoms with E-state index >= 15 is 0 Å². The summed E-state index contributed by atoms with van der Waals surface area (Å²) in [7, 11) is 0. The molecule has 0 amide bonds. The zero-order valence-corrected chi connectivity index (χ0v) is 31.0. The molecule has 0 saturated carbocycles. The van der Waals surface area contributed by atoms with Crippen molar-refractivity contribution < 1.29 is 0 Å². The van der Waals surface area contributed by atoms with Crippen LogP contribution in [0.25, 0.3) is 21.5 Å². The molecule has 0 aliphatic heterocycles. The van der Waals surface area contributed by atoms with Gasteiger partial charge in [0.05, 0.1) is 0 Å². The predicted molar refractivity (Wildman–Crippen MR) is 205 cm³/mol. The molecule has 0 aliphatic rings. The molecule has 0 N–H and O–H groups in total. The fourth-order valence-corrected chi connectivity index (χ4v) is 5.49. The lowest BCUT2D eigenvalue weighted by Gasteiger charge is -2.30. The van der Waals surface area contributed by atoms with Crippen molar-refractivity contribution in [3.63, 3.8) is 0 Å². The maximum atomic E-state index is 2.32. The molecule has 4 aromatic rings. The number of hydrogen-bond acceptors (Lipinski definition) is 0. The Morgan fingerprint density at radius 1 is 0.614 bits per heavy atom. The van der Waals surface area contributed by atoms with E-state index in [9.17, 15) is 0 Å². The molecule has 0 spiro atoms. The first-order chi connectivity index (χ1) is 21.0. The molecule has 4 aromatic carbocycles. The van der Waals surface area contributed by atoms with Crippen molar-refractivity contribution in [2.24, 2.45) is 0 Å². The van der Waals surface area contributed by atoms with Crippen LogP contribution in [0, 0.1) is 6.92 Å². The van der Waals surface area contributed by atoms with Gasteiger partial charge in [0, 0.05) is 5.41 Å². The highest BCUT2D eigenvalue weighted by Gasteiger charge is 2.26. The van der Waals surface area contributed by atoms with Crippen molar-refractivity contribution in [3.8, 4) is 0 Å². The lowest BCUT2D eigenvalue weighted by Crippen LogP contribution is -2.20. The Labute approximate surface area is 273 Å². The molecule has 4 rings (SSSR count). The number of benzene rings is 4. The van der Waals surface area contributed by atoms with Gasteiger partial charge in [0.25, 0.3) is 0 Å². The first kappa shape index (κ1) is 40.6. The van der Waals surface area contributed by atoms with Crippen LogP contribution in [-0.4, -0.2) is 0 Å². The fourth-order valence-electron chi connectivity index (χ4n) is 5.49. The molecule has 0 atom stereocenters. The second kappa shape index (κ2) is 20.6. The van der Waals surface area contributed by atoms with Crippen LogP contribution < -0.4 is 0 Å². The maximum absolute atomic E-state index is 2.32. The van der Waals surface area contributed by atoms with E-state index in [0.29, 0.717) is 0 Å². The number of hydrogen-bond donors (Lipinski definition) is 0. The standard InChI is InChI=1S/C22H26.C16H20.3C2H6/c1-6-7-8-9-12-18(3)22(4,5)21-17(2)15-16-19-13-10-11-14-20(19)21;1-5-12-10-11-13-8-6-7-9-14(13)15(12)16(2,3)4;3*1-2/h6-16H,1-5H3;6-11H,5H2,1-4H3;3*1-2H3/b7-6+,9-8+,18-12-;;;;. The third-order valence-corrected chi connectivity index (χ3v) is 7.66. The molecule has 44 heavy (non-hydrogen) atoms. The van der Waals surface area contributed by atoms with Crippen LogP contribution in [-0.2, 0) is 17.3 Å². The first-order valence-corrected chi connectivity index (χ1v) is 17.0. The van der Waals surface area contributed by atoms with Crippen molar-refractivity contribution in [1.82, 2.24) is 0 Å². The van der Waals surface area contributed by atoms with Crippen molar-refractivity contribution in [1.29, 1.82) is 0 Å². The Morgan fingerprint density at radius 2 is 1.09 bits per heavy atom. The minimum atomic E-state index is 0.00517. The van der Waals surface area contributed by atoms with E-state index in [2.05, 4.69) is 152 Å². The minimum absolute atomic E-state index is 0.00517. The van der Waals surface area contributed by atoms with E-state index in [1.54, 1.807) is 0 Å². The van der Waals surface area contributed by atoms with Gasteiger partial charge >= 0.3 is 0 Å². The average Bonchev–Trinajstić information content (AvgIpc) is 3.04. The molecular formula is C44H64. The molecule has 0 fully saturated rings. The summed E-state index contributed by atoms with van der Waals surface area (Å²) in [5, 5.41) is 5.44. The second-order valence-corrected chi connectivity index (χ2v) is 11.8. The second-order valence-electron chi connectivity index (χ2n) is 11.8. The normalized spacial score (nSPS) is 11.6. The van der Waals surface area contributed by atoms with Gasteiger partial charge in [-0.25, -0.2) is 0 Å². The summed E-state index contributed by atoms with van der Waals surface area (Å²) in [4.78, 5) is 0. The Hall–Kier alpha value is -3.38. The molecule has 240 valence electrons. The Kier molecular flexibility index (Phi) is 19.0. The molecule has 0 aliphatic carbocycles. The highest BCUT2D eigenvalue weighted by Crippen LogP contribution is 2.38. The quantitative estimate of drug-likeness (QED) is 0.202. The van der Waals surface area contributed by atoms with Crippen LogP contribution in [0.15, 0.2) is 109 Å². The summed E-state index contributed by atoms with van der Waals surface area (Å²) in [6.45, 7) is 32.2. The Morgan fingerprint density at radius 3 is 1.57 bits per heavy atom. The van der Waals surface area contributed by atoms with Gasteiger partial charge in [-0.2, -0.15) is 0 Å². The van der Waals surface area contributed by atoms with Gasteiger partial charge in [-0.15, -0.1) is 0 Å². The maximum Gasteiger partial charge on any atom is 0.0114 e. The van der Waals surface area contributed by atoms with E-state index in [1.165, 1.54) is 49.4 Å². The largest absolute Gasteiger partial charge is 0.0877 e. The van der Waals surface area contributed by atoms with Crippen LogP contribution in [0.1, 0.15) is 119 Å². The van der Waals surface area contributed by atoms with E-state index in [0.717, 1.165) is 6.42 Å². The number of allylic oxidation sites excluding steroid dienone is 6. The van der Waals surface area contributed by atoms with Gasteiger partial charge in [-0.1, -0.05) is 192 Å². The lowest BCUT2D eigenvalue weighted by atomic mass is 9.74. The smallest absolute Gasteiger partial charge is 0.0114 e. The molecule has 0 nitrogen and oxygen atoms in total. The summed E-state index contributed by atoms with van der Waals surface area (Å²) < 4.78 is 0. The Bertz CT molecular complexity index is 1470. The zero-order chi connectivity index (χ0) is 33.9. The monoisotopic (exact) mass is 593 g/mol. The first-order valence-electron chi connectivity index (χ1n) is 17.0. The van der Waals surface area contributed by atoms with Crippen molar-refractivity contribution in [2.45, 2.75) is 121 Å². The molecule has 0 unspecified atom stereocenters. The summed E-state index contributed by atoms with van der Waals surface area (Å²) in [5.41, 5.74) is 7.36. The molecular weight excluding hydrogens is 528 g/mol. The molecule has 0 heteroatoms. The van der Waals surface area contributed by atoms with E-state index in [-0.39, 0.29) is 10.8 Å². The number of fused-ring (bicyclic) bond motifs is 2. The molecule has 0 heterocycles. The SMILES string of the molecule is C/C=C/C=C/C=C(/C)C(C)(C)c1c(C)ccc2ccccc12.CC.CC.CC.CCc1ccc2ccccc2c1C(C)(C)C. The third kappa shape index (κ3) is 11.0. The summed E-state index contributed by atoms with van der Waals surface area (Å²) in [6.07, 6.45) is 11.6. The van der Waals surface area contributed by atoms with Crippen LogP contribution in [0.3, 0.4) is 0 Å². The molecule has 0 radical (unpaired) electrons. The predicted octanol–water partition coefficient (Wildman–Crippen LogP) is 14.3. The average molecular weight is 593 g/mol. The van der Waals surface area contributed by atoms with Crippen molar-refractivity contribution >= 4 is 21.5 Å². The van der Waals surface area contributed by atoms with Crippen LogP contribution in [0.5, 0.6) is 0 Å². The van der Waals surface area contributed by atoms with Gasteiger partial charge in [0.1, 0.15) is 0 Å². The van der Waals surface area contributed by atoms with E-state index in [4.69, 9.17) is 0 Å². The zero-order valence-electron chi connectivity index (χ0n) is 31.0. The number of aryl methyl sites for hydroxylation is 2. The van der Waals surface area contributed by atoms with Gasteiger partial charge in [-0.3, -0.25) is 0 Å². The fraction of sp³-hybridized carbons (Fsp3) is 0.409. The number of rotatable bonds is 5. The molecule has 0 saturated heterocycles.